The van der Waals surface area contributed by atoms with Crippen molar-refractivity contribution in [2.45, 2.75) is 26.0 Å². The zero-order valence-electron chi connectivity index (χ0n) is 9.90. The molecule has 0 saturated heterocycles. The molecule has 0 aliphatic rings. The Morgan fingerprint density at radius 3 is 2.44 bits per heavy atom. The van der Waals surface area contributed by atoms with E-state index < -0.39 is 18.6 Å². The van der Waals surface area contributed by atoms with Crippen molar-refractivity contribution >= 4 is 5.97 Å². The maximum atomic E-state index is 11.9. The topological polar surface area (TPSA) is 58.6 Å². The minimum absolute atomic E-state index is 0.00776. The van der Waals surface area contributed by atoms with Crippen LogP contribution in [0.2, 0.25) is 0 Å². The number of aliphatic carboxylic acids is 1. The fourth-order valence-electron chi connectivity index (χ4n) is 1.48. The number of benzene rings is 1. The summed E-state index contributed by atoms with van der Waals surface area (Å²) in [6.07, 6.45) is 0.802. The molecule has 18 heavy (non-hydrogen) atoms. The van der Waals surface area contributed by atoms with E-state index in [0.717, 1.165) is 6.42 Å². The number of alkyl halides is 2. The maximum Gasteiger partial charge on any atom is 0.387 e. The van der Waals surface area contributed by atoms with Gasteiger partial charge >= 0.3 is 12.6 Å². The van der Waals surface area contributed by atoms with Crippen molar-refractivity contribution in [2.75, 3.05) is 6.54 Å². The molecule has 0 amide bonds. The third kappa shape index (κ3) is 4.29. The van der Waals surface area contributed by atoms with Crippen molar-refractivity contribution in [1.29, 1.82) is 0 Å². The first kappa shape index (κ1) is 14.4. The van der Waals surface area contributed by atoms with Crippen molar-refractivity contribution in [3.05, 3.63) is 29.8 Å². The van der Waals surface area contributed by atoms with Gasteiger partial charge in [-0.15, -0.1) is 0 Å². The Balaban J connectivity index is 2.77. The van der Waals surface area contributed by atoms with Crippen LogP contribution < -0.4 is 10.1 Å². The molecule has 0 spiro atoms. The molecular weight excluding hydrogens is 244 g/mol. The van der Waals surface area contributed by atoms with Crippen LogP contribution in [0.3, 0.4) is 0 Å². The first-order valence-electron chi connectivity index (χ1n) is 5.55. The highest BCUT2D eigenvalue weighted by Crippen LogP contribution is 2.19. The van der Waals surface area contributed by atoms with Gasteiger partial charge in [0.15, 0.2) is 0 Å². The van der Waals surface area contributed by atoms with Crippen LogP contribution in [0.1, 0.15) is 24.9 Å². The molecule has 0 heterocycles. The Hall–Kier alpha value is -1.69. The summed E-state index contributed by atoms with van der Waals surface area (Å²) < 4.78 is 28.1. The Morgan fingerprint density at radius 1 is 1.39 bits per heavy atom. The van der Waals surface area contributed by atoms with Crippen LogP contribution in [-0.4, -0.2) is 24.2 Å². The van der Waals surface area contributed by atoms with E-state index in [0.29, 0.717) is 12.1 Å². The molecule has 6 heteroatoms. The van der Waals surface area contributed by atoms with Gasteiger partial charge in [-0.3, -0.25) is 4.79 Å². The Labute approximate surface area is 104 Å². The predicted molar refractivity (Wildman–Crippen MR) is 61.7 cm³/mol. The molecule has 4 nitrogen and oxygen atoms in total. The first-order chi connectivity index (χ1) is 8.54. The number of hydrogen-bond donors (Lipinski definition) is 2. The first-order valence-corrected chi connectivity index (χ1v) is 5.55. The van der Waals surface area contributed by atoms with Crippen molar-refractivity contribution in [1.82, 2.24) is 5.32 Å². The molecule has 100 valence electrons. The third-order valence-corrected chi connectivity index (χ3v) is 2.28. The average Bonchev–Trinajstić information content (AvgIpc) is 2.30. The molecule has 1 aromatic carbocycles. The number of hydrogen-bond acceptors (Lipinski definition) is 3. The smallest absolute Gasteiger partial charge is 0.387 e. The molecule has 0 aliphatic carbocycles. The van der Waals surface area contributed by atoms with Gasteiger partial charge in [0.1, 0.15) is 11.8 Å². The van der Waals surface area contributed by atoms with Gasteiger partial charge in [0.05, 0.1) is 0 Å². The van der Waals surface area contributed by atoms with Crippen LogP contribution in [0.15, 0.2) is 24.3 Å². The van der Waals surface area contributed by atoms with Crippen LogP contribution in [-0.2, 0) is 4.79 Å². The molecule has 0 bridgehead atoms. The maximum absolute atomic E-state index is 11.9. The van der Waals surface area contributed by atoms with E-state index in [1.54, 1.807) is 0 Å². The van der Waals surface area contributed by atoms with E-state index in [2.05, 4.69) is 10.1 Å². The molecule has 0 saturated carbocycles. The van der Waals surface area contributed by atoms with E-state index in [1.807, 2.05) is 6.92 Å². The summed E-state index contributed by atoms with van der Waals surface area (Å²) in [5.74, 6) is -1.00. The summed E-state index contributed by atoms with van der Waals surface area (Å²) in [5.41, 5.74) is 0.498. The fraction of sp³-hybridized carbons (Fsp3) is 0.417. The standard InChI is InChI=1S/C12H15F2NO3/c1-2-7-15-10(11(16)17)8-3-5-9(6-4-8)18-12(13)14/h3-6,10,12,15H,2,7H2,1H3,(H,16,17). The van der Waals surface area contributed by atoms with Crippen molar-refractivity contribution in [3.63, 3.8) is 0 Å². The van der Waals surface area contributed by atoms with Gasteiger partial charge in [-0.05, 0) is 30.7 Å². The van der Waals surface area contributed by atoms with Crippen LogP contribution >= 0.6 is 0 Å². The van der Waals surface area contributed by atoms with Gasteiger partial charge in [0.2, 0.25) is 0 Å². The summed E-state index contributed by atoms with van der Waals surface area (Å²) in [6, 6.07) is 4.72. The zero-order chi connectivity index (χ0) is 13.5. The Morgan fingerprint density at radius 2 is 2.00 bits per heavy atom. The molecule has 0 fully saturated rings. The van der Waals surface area contributed by atoms with Crippen LogP contribution in [0.4, 0.5) is 8.78 Å². The van der Waals surface area contributed by atoms with Crippen LogP contribution in [0.25, 0.3) is 0 Å². The van der Waals surface area contributed by atoms with Gasteiger partial charge in [-0.2, -0.15) is 8.78 Å². The number of carbonyl (C=O) groups is 1. The normalized spacial score (nSPS) is 12.4. The fourth-order valence-corrected chi connectivity index (χ4v) is 1.48. The third-order valence-electron chi connectivity index (χ3n) is 2.28. The number of carboxylic acid groups (broad SMARTS) is 1. The molecule has 0 radical (unpaired) electrons. The highest BCUT2D eigenvalue weighted by atomic mass is 19.3. The van der Waals surface area contributed by atoms with E-state index >= 15 is 0 Å². The van der Waals surface area contributed by atoms with Crippen molar-refractivity contribution in [2.24, 2.45) is 0 Å². The van der Waals surface area contributed by atoms with E-state index in [9.17, 15) is 13.6 Å². The molecule has 1 aromatic rings. The number of nitrogens with one attached hydrogen (secondary N) is 1. The lowest BCUT2D eigenvalue weighted by Gasteiger charge is -2.14. The summed E-state index contributed by atoms with van der Waals surface area (Å²) in [6.45, 7) is -0.401. The van der Waals surface area contributed by atoms with Crippen molar-refractivity contribution in [3.8, 4) is 5.75 Å². The zero-order valence-corrected chi connectivity index (χ0v) is 9.90. The lowest BCUT2D eigenvalue weighted by Crippen LogP contribution is -2.28. The Bertz CT molecular complexity index is 381. The molecule has 1 atom stereocenters. The molecule has 0 aromatic heterocycles. The second kappa shape index (κ2) is 6.90. The van der Waals surface area contributed by atoms with E-state index in [-0.39, 0.29) is 5.75 Å². The number of halogens is 2. The van der Waals surface area contributed by atoms with E-state index in [1.165, 1.54) is 24.3 Å². The lowest BCUT2D eigenvalue weighted by atomic mass is 10.1. The summed E-state index contributed by atoms with van der Waals surface area (Å²) >= 11 is 0. The Kier molecular flexibility index (Phi) is 5.51. The van der Waals surface area contributed by atoms with Gasteiger partial charge in [0, 0.05) is 0 Å². The summed E-state index contributed by atoms with van der Waals surface area (Å²) in [4.78, 5) is 11.1. The van der Waals surface area contributed by atoms with Crippen molar-refractivity contribution < 1.29 is 23.4 Å². The molecule has 1 unspecified atom stereocenters. The number of rotatable bonds is 7. The molecule has 0 aliphatic heterocycles. The van der Waals surface area contributed by atoms with E-state index in [4.69, 9.17) is 5.11 Å². The average molecular weight is 259 g/mol. The highest BCUT2D eigenvalue weighted by Gasteiger charge is 2.18. The molecule has 2 N–H and O–H groups in total. The van der Waals surface area contributed by atoms with Gasteiger partial charge < -0.3 is 15.2 Å². The second-order valence-electron chi connectivity index (χ2n) is 3.67. The van der Waals surface area contributed by atoms with Gasteiger partial charge in [0.25, 0.3) is 0 Å². The van der Waals surface area contributed by atoms with Crippen LogP contribution in [0, 0.1) is 0 Å². The number of carboxylic acids is 1. The molecule has 1 rings (SSSR count). The largest absolute Gasteiger partial charge is 0.480 e. The number of ether oxygens (including phenoxy) is 1. The SMILES string of the molecule is CCCNC(C(=O)O)c1ccc(OC(F)F)cc1. The highest BCUT2D eigenvalue weighted by molar-refractivity contribution is 5.75. The van der Waals surface area contributed by atoms with Gasteiger partial charge in [-0.1, -0.05) is 19.1 Å². The van der Waals surface area contributed by atoms with Gasteiger partial charge in [-0.25, -0.2) is 0 Å². The predicted octanol–water partition coefficient (Wildman–Crippen LogP) is 2.41. The summed E-state index contributed by atoms with van der Waals surface area (Å²) in [7, 11) is 0. The quantitative estimate of drug-likeness (QED) is 0.789. The molecular formula is C12H15F2NO3. The second-order valence-corrected chi connectivity index (χ2v) is 3.67. The summed E-state index contributed by atoms with van der Waals surface area (Å²) in [5, 5.41) is 11.9. The minimum atomic E-state index is -2.88. The lowest BCUT2D eigenvalue weighted by molar-refractivity contribution is -0.139. The van der Waals surface area contributed by atoms with Crippen LogP contribution in [0.5, 0.6) is 5.75 Å². The minimum Gasteiger partial charge on any atom is -0.480 e. The monoisotopic (exact) mass is 259 g/mol.